The second kappa shape index (κ2) is 5.70. The first-order valence-electron chi connectivity index (χ1n) is 7.43. The van der Waals surface area contributed by atoms with Gasteiger partial charge in [-0.15, -0.1) is 0 Å². The van der Waals surface area contributed by atoms with Crippen molar-refractivity contribution in [3.05, 3.63) is 42.1 Å². The summed E-state index contributed by atoms with van der Waals surface area (Å²) in [7, 11) is 0. The monoisotopic (exact) mass is 254 g/mol. The smallest absolute Gasteiger partial charge is 0.0702 e. The van der Waals surface area contributed by atoms with Gasteiger partial charge in [0.2, 0.25) is 0 Å². The first kappa shape index (κ1) is 12.6. The summed E-state index contributed by atoms with van der Waals surface area (Å²) in [5, 5.41) is 1.19. The first-order valence-corrected chi connectivity index (χ1v) is 7.43. The Bertz CT molecular complexity index is 544. The summed E-state index contributed by atoms with van der Waals surface area (Å²) < 4.78 is 0. The van der Waals surface area contributed by atoms with E-state index in [1.165, 1.54) is 43.1 Å². The average Bonchev–Trinajstić information content (AvgIpc) is 2.48. The van der Waals surface area contributed by atoms with Crippen LogP contribution in [0, 0.1) is 5.92 Å². The Kier molecular flexibility index (Phi) is 3.79. The standard InChI is InChI=1S/C17H22N2/c18-16(10-13-6-2-1-3-7-13)15-11-14-8-4-5-9-17(14)19-12-15/h4-5,8-9,11-13,16H,1-3,6-7,10,18H2. The molecule has 0 amide bonds. The zero-order valence-corrected chi connectivity index (χ0v) is 11.4. The molecule has 1 aromatic carbocycles. The summed E-state index contributed by atoms with van der Waals surface area (Å²) in [4.78, 5) is 4.52. The molecule has 1 heterocycles. The lowest BCUT2D eigenvalue weighted by molar-refractivity contribution is 0.319. The van der Waals surface area contributed by atoms with Crippen molar-refractivity contribution in [3.63, 3.8) is 0 Å². The molecule has 0 aliphatic heterocycles. The molecule has 1 unspecified atom stereocenters. The number of fused-ring (bicyclic) bond motifs is 1. The molecule has 0 radical (unpaired) electrons. The van der Waals surface area contributed by atoms with E-state index >= 15 is 0 Å². The second-order valence-electron chi connectivity index (χ2n) is 5.81. The average molecular weight is 254 g/mol. The molecule has 1 atom stereocenters. The Balaban J connectivity index is 1.75. The minimum absolute atomic E-state index is 0.139. The van der Waals surface area contributed by atoms with Gasteiger partial charge in [-0.2, -0.15) is 0 Å². The van der Waals surface area contributed by atoms with Crippen LogP contribution in [-0.4, -0.2) is 4.98 Å². The van der Waals surface area contributed by atoms with Gasteiger partial charge in [-0.25, -0.2) is 0 Å². The molecule has 3 rings (SSSR count). The Labute approximate surface area is 115 Å². The molecule has 0 bridgehead atoms. The maximum Gasteiger partial charge on any atom is 0.0702 e. The van der Waals surface area contributed by atoms with Crippen molar-refractivity contribution in [2.24, 2.45) is 11.7 Å². The van der Waals surface area contributed by atoms with Crippen molar-refractivity contribution in [1.29, 1.82) is 0 Å². The zero-order chi connectivity index (χ0) is 13.1. The molecule has 1 aliphatic rings. The molecule has 0 spiro atoms. The molecular weight excluding hydrogens is 232 g/mol. The van der Waals surface area contributed by atoms with Crippen molar-refractivity contribution in [3.8, 4) is 0 Å². The highest BCUT2D eigenvalue weighted by Gasteiger charge is 2.18. The summed E-state index contributed by atoms with van der Waals surface area (Å²) in [6.45, 7) is 0. The van der Waals surface area contributed by atoms with Crippen molar-refractivity contribution < 1.29 is 0 Å². The fourth-order valence-electron chi connectivity index (χ4n) is 3.21. The first-order chi connectivity index (χ1) is 9.33. The van der Waals surface area contributed by atoms with Crippen LogP contribution in [0.5, 0.6) is 0 Å². The fourth-order valence-corrected chi connectivity index (χ4v) is 3.21. The molecular formula is C17H22N2. The molecule has 1 aliphatic carbocycles. The van der Waals surface area contributed by atoms with Crippen molar-refractivity contribution in [2.75, 3.05) is 0 Å². The van der Waals surface area contributed by atoms with Crippen LogP contribution in [0.15, 0.2) is 36.5 Å². The summed E-state index contributed by atoms with van der Waals surface area (Å²) in [6, 6.07) is 10.6. The molecule has 100 valence electrons. The predicted octanol–water partition coefficient (Wildman–Crippen LogP) is 4.21. The number of para-hydroxylation sites is 1. The number of nitrogens with zero attached hydrogens (tertiary/aromatic N) is 1. The summed E-state index contributed by atoms with van der Waals surface area (Å²) in [6.07, 6.45) is 9.95. The van der Waals surface area contributed by atoms with Crippen molar-refractivity contribution >= 4 is 10.9 Å². The van der Waals surface area contributed by atoms with Gasteiger partial charge in [0.15, 0.2) is 0 Å². The highest BCUT2D eigenvalue weighted by Crippen LogP contribution is 2.31. The lowest BCUT2D eigenvalue weighted by Crippen LogP contribution is -2.17. The number of nitrogens with two attached hydrogens (primary N) is 1. The van der Waals surface area contributed by atoms with E-state index in [1.54, 1.807) is 0 Å². The molecule has 2 aromatic rings. The molecule has 19 heavy (non-hydrogen) atoms. The Morgan fingerprint density at radius 1 is 1.16 bits per heavy atom. The molecule has 2 nitrogen and oxygen atoms in total. The number of rotatable bonds is 3. The van der Waals surface area contributed by atoms with Gasteiger partial charge in [-0.3, -0.25) is 4.98 Å². The van der Waals surface area contributed by atoms with Gasteiger partial charge in [0.05, 0.1) is 5.52 Å². The van der Waals surface area contributed by atoms with Crippen molar-refractivity contribution in [2.45, 2.75) is 44.6 Å². The second-order valence-corrected chi connectivity index (χ2v) is 5.81. The van der Waals surface area contributed by atoms with Crippen LogP contribution in [0.4, 0.5) is 0 Å². The fraction of sp³-hybridized carbons (Fsp3) is 0.471. The zero-order valence-electron chi connectivity index (χ0n) is 11.4. The van der Waals surface area contributed by atoms with Crippen LogP contribution in [0.1, 0.15) is 50.1 Å². The largest absolute Gasteiger partial charge is 0.324 e. The van der Waals surface area contributed by atoms with E-state index in [-0.39, 0.29) is 6.04 Å². The number of aromatic nitrogens is 1. The van der Waals surface area contributed by atoms with Crippen LogP contribution in [-0.2, 0) is 0 Å². The van der Waals surface area contributed by atoms with Gasteiger partial charge in [-0.05, 0) is 30.0 Å². The maximum atomic E-state index is 6.38. The number of pyridine rings is 1. The number of benzene rings is 1. The Morgan fingerprint density at radius 3 is 2.79 bits per heavy atom. The Hall–Kier alpha value is -1.41. The lowest BCUT2D eigenvalue weighted by Gasteiger charge is -2.24. The molecule has 1 fully saturated rings. The lowest BCUT2D eigenvalue weighted by atomic mass is 9.84. The van der Waals surface area contributed by atoms with Gasteiger partial charge in [0.25, 0.3) is 0 Å². The van der Waals surface area contributed by atoms with Gasteiger partial charge in [-0.1, -0.05) is 50.3 Å². The molecule has 0 saturated heterocycles. The van der Waals surface area contributed by atoms with Crippen LogP contribution < -0.4 is 5.73 Å². The van der Waals surface area contributed by atoms with Crippen LogP contribution in [0.25, 0.3) is 10.9 Å². The minimum atomic E-state index is 0.139. The van der Waals surface area contributed by atoms with E-state index in [9.17, 15) is 0 Å². The highest BCUT2D eigenvalue weighted by molar-refractivity contribution is 5.78. The molecule has 2 heteroatoms. The maximum absolute atomic E-state index is 6.38. The van der Waals surface area contributed by atoms with E-state index in [1.807, 2.05) is 18.3 Å². The number of hydrogen-bond acceptors (Lipinski definition) is 2. The van der Waals surface area contributed by atoms with Crippen molar-refractivity contribution in [1.82, 2.24) is 4.98 Å². The van der Waals surface area contributed by atoms with E-state index < -0.39 is 0 Å². The quantitative estimate of drug-likeness (QED) is 0.891. The SMILES string of the molecule is NC(CC1CCCCC1)c1cnc2ccccc2c1. The van der Waals surface area contributed by atoms with E-state index in [2.05, 4.69) is 23.2 Å². The van der Waals surface area contributed by atoms with E-state index in [0.717, 1.165) is 17.9 Å². The predicted molar refractivity (Wildman–Crippen MR) is 79.9 cm³/mol. The minimum Gasteiger partial charge on any atom is -0.324 e. The highest BCUT2D eigenvalue weighted by atomic mass is 14.7. The normalized spacial score (nSPS) is 18.6. The third kappa shape index (κ3) is 2.95. The molecule has 1 aromatic heterocycles. The summed E-state index contributed by atoms with van der Waals surface area (Å²) in [5.74, 6) is 0.815. The van der Waals surface area contributed by atoms with Gasteiger partial charge in [0.1, 0.15) is 0 Å². The van der Waals surface area contributed by atoms with E-state index in [0.29, 0.717) is 0 Å². The third-order valence-electron chi connectivity index (χ3n) is 4.35. The van der Waals surface area contributed by atoms with Gasteiger partial charge < -0.3 is 5.73 Å². The third-order valence-corrected chi connectivity index (χ3v) is 4.35. The summed E-state index contributed by atoms with van der Waals surface area (Å²) in [5.41, 5.74) is 8.61. The molecule has 2 N–H and O–H groups in total. The van der Waals surface area contributed by atoms with Gasteiger partial charge >= 0.3 is 0 Å². The Morgan fingerprint density at radius 2 is 1.95 bits per heavy atom. The molecule has 1 saturated carbocycles. The van der Waals surface area contributed by atoms with Crippen LogP contribution >= 0.6 is 0 Å². The van der Waals surface area contributed by atoms with E-state index in [4.69, 9.17) is 5.73 Å². The number of hydrogen-bond donors (Lipinski definition) is 1. The topological polar surface area (TPSA) is 38.9 Å². The summed E-state index contributed by atoms with van der Waals surface area (Å²) >= 11 is 0. The van der Waals surface area contributed by atoms with Crippen LogP contribution in [0.2, 0.25) is 0 Å². The van der Waals surface area contributed by atoms with Crippen LogP contribution in [0.3, 0.4) is 0 Å². The van der Waals surface area contributed by atoms with Gasteiger partial charge in [0, 0.05) is 17.6 Å².